The van der Waals surface area contributed by atoms with Gasteiger partial charge in [-0.1, -0.05) is 18.5 Å². The minimum absolute atomic E-state index is 0.0353. The normalized spacial score (nSPS) is 10.6. The standard InChI is InChI=1S/C13H19ClN2O/c1-4-7-16(9(2)3)13(17)11-6-5-10(15)8-12(11)14/h5-6,8-9H,4,7,15H2,1-3H3. The highest BCUT2D eigenvalue weighted by molar-refractivity contribution is 6.34. The maximum Gasteiger partial charge on any atom is 0.255 e. The zero-order valence-electron chi connectivity index (χ0n) is 10.5. The highest BCUT2D eigenvalue weighted by Gasteiger charge is 2.20. The third-order valence-electron chi connectivity index (χ3n) is 2.57. The van der Waals surface area contributed by atoms with Crippen molar-refractivity contribution in [2.24, 2.45) is 0 Å². The van der Waals surface area contributed by atoms with Crippen LogP contribution in [0.15, 0.2) is 18.2 Å². The minimum Gasteiger partial charge on any atom is -0.399 e. The molecule has 17 heavy (non-hydrogen) atoms. The Morgan fingerprint density at radius 2 is 2.12 bits per heavy atom. The van der Waals surface area contributed by atoms with Crippen molar-refractivity contribution < 1.29 is 4.79 Å². The lowest BCUT2D eigenvalue weighted by atomic mass is 10.1. The van der Waals surface area contributed by atoms with E-state index in [0.717, 1.165) is 13.0 Å². The molecule has 0 heterocycles. The molecule has 0 aliphatic carbocycles. The highest BCUT2D eigenvalue weighted by atomic mass is 35.5. The summed E-state index contributed by atoms with van der Waals surface area (Å²) < 4.78 is 0. The van der Waals surface area contributed by atoms with Gasteiger partial charge < -0.3 is 10.6 Å². The molecule has 0 atom stereocenters. The molecule has 1 amide bonds. The van der Waals surface area contributed by atoms with Gasteiger partial charge in [-0.15, -0.1) is 0 Å². The van der Waals surface area contributed by atoms with Crippen molar-refractivity contribution in [3.8, 4) is 0 Å². The van der Waals surface area contributed by atoms with Gasteiger partial charge >= 0.3 is 0 Å². The van der Waals surface area contributed by atoms with E-state index < -0.39 is 0 Å². The Morgan fingerprint density at radius 3 is 2.59 bits per heavy atom. The van der Waals surface area contributed by atoms with E-state index in [1.807, 2.05) is 25.7 Å². The fourth-order valence-corrected chi connectivity index (χ4v) is 1.96. The Hall–Kier alpha value is -1.22. The van der Waals surface area contributed by atoms with Gasteiger partial charge in [0.05, 0.1) is 10.6 Å². The molecule has 0 aliphatic heterocycles. The summed E-state index contributed by atoms with van der Waals surface area (Å²) in [5.74, 6) is -0.0353. The van der Waals surface area contributed by atoms with Gasteiger partial charge in [-0.3, -0.25) is 4.79 Å². The lowest BCUT2D eigenvalue weighted by molar-refractivity contribution is 0.0706. The van der Waals surface area contributed by atoms with Crippen molar-refractivity contribution in [1.29, 1.82) is 0 Å². The van der Waals surface area contributed by atoms with Crippen LogP contribution in [0.4, 0.5) is 5.69 Å². The first-order valence-corrected chi connectivity index (χ1v) is 6.21. The van der Waals surface area contributed by atoms with Gasteiger partial charge in [0, 0.05) is 18.3 Å². The van der Waals surface area contributed by atoms with E-state index in [1.54, 1.807) is 18.2 Å². The number of nitrogens with two attached hydrogens (primary N) is 1. The van der Waals surface area contributed by atoms with Crippen molar-refractivity contribution in [3.63, 3.8) is 0 Å². The monoisotopic (exact) mass is 254 g/mol. The van der Waals surface area contributed by atoms with Crippen molar-refractivity contribution in [2.45, 2.75) is 33.2 Å². The number of nitrogens with zero attached hydrogens (tertiary/aromatic N) is 1. The summed E-state index contributed by atoms with van der Waals surface area (Å²) in [6.45, 7) is 6.78. The number of benzene rings is 1. The zero-order valence-corrected chi connectivity index (χ0v) is 11.3. The van der Waals surface area contributed by atoms with Crippen LogP contribution in [0.5, 0.6) is 0 Å². The molecule has 0 spiro atoms. The lowest BCUT2D eigenvalue weighted by Crippen LogP contribution is -2.37. The highest BCUT2D eigenvalue weighted by Crippen LogP contribution is 2.21. The van der Waals surface area contributed by atoms with Crippen molar-refractivity contribution in [3.05, 3.63) is 28.8 Å². The molecule has 0 bridgehead atoms. The smallest absolute Gasteiger partial charge is 0.255 e. The number of carbonyl (C=O) groups excluding carboxylic acids is 1. The van der Waals surface area contributed by atoms with Crippen molar-refractivity contribution >= 4 is 23.2 Å². The Labute approximate surface area is 108 Å². The molecule has 3 nitrogen and oxygen atoms in total. The van der Waals surface area contributed by atoms with E-state index in [4.69, 9.17) is 17.3 Å². The van der Waals surface area contributed by atoms with Crippen LogP contribution in [0, 0.1) is 0 Å². The number of anilines is 1. The van der Waals surface area contributed by atoms with E-state index in [0.29, 0.717) is 16.3 Å². The Balaban J connectivity index is 3.01. The molecule has 0 saturated carbocycles. The summed E-state index contributed by atoms with van der Waals surface area (Å²) in [6, 6.07) is 5.16. The van der Waals surface area contributed by atoms with Crippen LogP contribution in [-0.2, 0) is 0 Å². The summed E-state index contributed by atoms with van der Waals surface area (Å²) in [5, 5.41) is 0.414. The Bertz CT molecular complexity index is 404. The number of hydrogen-bond acceptors (Lipinski definition) is 2. The molecule has 0 unspecified atom stereocenters. The van der Waals surface area contributed by atoms with Gasteiger partial charge in [-0.25, -0.2) is 0 Å². The lowest BCUT2D eigenvalue weighted by Gasteiger charge is -2.26. The number of carbonyl (C=O) groups is 1. The van der Waals surface area contributed by atoms with E-state index in [-0.39, 0.29) is 11.9 Å². The number of rotatable bonds is 4. The van der Waals surface area contributed by atoms with Crippen LogP contribution in [0.1, 0.15) is 37.6 Å². The van der Waals surface area contributed by atoms with E-state index in [9.17, 15) is 4.79 Å². The average molecular weight is 255 g/mol. The fourth-order valence-electron chi connectivity index (χ4n) is 1.69. The topological polar surface area (TPSA) is 46.3 Å². The molecule has 94 valence electrons. The van der Waals surface area contributed by atoms with Crippen LogP contribution in [0.25, 0.3) is 0 Å². The second-order valence-corrected chi connectivity index (χ2v) is 4.74. The maximum atomic E-state index is 12.3. The third-order valence-corrected chi connectivity index (χ3v) is 2.88. The number of amides is 1. The minimum atomic E-state index is -0.0353. The molecular weight excluding hydrogens is 236 g/mol. The first kappa shape index (κ1) is 13.8. The summed E-state index contributed by atoms with van der Waals surface area (Å²) in [7, 11) is 0. The van der Waals surface area contributed by atoms with Crippen LogP contribution in [-0.4, -0.2) is 23.4 Å². The van der Waals surface area contributed by atoms with Gasteiger partial charge in [0.25, 0.3) is 5.91 Å². The Morgan fingerprint density at radius 1 is 1.47 bits per heavy atom. The second-order valence-electron chi connectivity index (χ2n) is 4.33. The van der Waals surface area contributed by atoms with Gasteiger partial charge in [0.15, 0.2) is 0 Å². The molecule has 0 radical (unpaired) electrons. The molecule has 0 aliphatic rings. The molecular formula is C13H19ClN2O. The molecule has 1 aromatic carbocycles. The number of nitrogen functional groups attached to an aromatic ring is 1. The van der Waals surface area contributed by atoms with Crippen LogP contribution < -0.4 is 5.73 Å². The quantitative estimate of drug-likeness (QED) is 0.839. The van der Waals surface area contributed by atoms with E-state index in [2.05, 4.69) is 0 Å². The van der Waals surface area contributed by atoms with Crippen LogP contribution in [0.3, 0.4) is 0 Å². The molecule has 2 N–H and O–H groups in total. The largest absolute Gasteiger partial charge is 0.399 e. The van der Waals surface area contributed by atoms with E-state index >= 15 is 0 Å². The first-order valence-electron chi connectivity index (χ1n) is 5.83. The SMILES string of the molecule is CCCN(C(=O)c1ccc(N)cc1Cl)C(C)C. The van der Waals surface area contributed by atoms with Crippen molar-refractivity contribution in [1.82, 2.24) is 4.90 Å². The molecule has 1 rings (SSSR count). The van der Waals surface area contributed by atoms with Crippen molar-refractivity contribution in [2.75, 3.05) is 12.3 Å². The third kappa shape index (κ3) is 3.37. The van der Waals surface area contributed by atoms with Gasteiger partial charge in [-0.05, 0) is 38.5 Å². The number of halogens is 1. The van der Waals surface area contributed by atoms with Gasteiger partial charge in [-0.2, -0.15) is 0 Å². The molecule has 1 aromatic rings. The predicted octanol–water partition coefficient (Wildman–Crippen LogP) is 3.18. The molecule has 4 heteroatoms. The molecule has 0 saturated heterocycles. The first-order chi connectivity index (χ1) is 7.97. The fraction of sp³-hybridized carbons (Fsp3) is 0.462. The second kappa shape index (κ2) is 5.92. The summed E-state index contributed by atoms with van der Waals surface area (Å²) in [4.78, 5) is 14.1. The maximum absolute atomic E-state index is 12.3. The van der Waals surface area contributed by atoms with Gasteiger partial charge in [0.1, 0.15) is 0 Å². The zero-order chi connectivity index (χ0) is 13.0. The van der Waals surface area contributed by atoms with Gasteiger partial charge in [0.2, 0.25) is 0 Å². The molecule has 0 fully saturated rings. The Kier molecular flexibility index (Phi) is 4.82. The van der Waals surface area contributed by atoms with Crippen LogP contribution in [0.2, 0.25) is 5.02 Å². The molecule has 0 aromatic heterocycles. The summed E-state index contributed by atoms with van der Waals surface area (Å²) in [6.07, 6.45) is 0.927. The predicted molar refractivity (Wildman–Crippen MR) is 72.3 cm³/mol. The summed E-state index contributed by atoms with van der Waals surface area (Å²) in [5.41, 5.74) is 6.70. The summed E-state index contributed by atoms with van der Waals surface area (Å²) >= 11 is 6.05. The average Bonchev–Trinajstić information content (AvgIpc) is 2.24. The van der Waals surface area contributed by atoms with E-state index in [1.165, 1.54) is 0 Å². The van der Waals surface area contributed by atoms with Crippen LogP contribution >= 0.6 is 11.6 Å². The number of hydrogen-bond donors (Lipinski definition) is 1.